The van der Waals surface area contributed by atoms with Gasteiger partial charge in [0.05, 0.1) is 12.3 Å². The molecule has 0 fully saturated rings. The van der Waals surface area contributed by atoms with Crippen LogP contribution < -0.4 is 0 Å². The molecule has 17 heavy (non-hydrogen) atoms. The fourth-order valence-electron chi connectivity index (χ4n) is 2.53. The SMILES string of the molecule is COCC(C(=O)O)n1c(C)nc2c1CCCC2. The summed E-state index contributed by atoms with van der Waals surface area (Å²) < 4.78 is 6.84. The Morgan fingerprint density at radius 2 is 2.24 bits per heavy atom. The van der Waals surface area contributed by atoms with Gasteiger partial charge >= 0.3 is 5.97 Å². The molecule has 0 aliphatic heterocycles. The molecule has 94 valence electrons. The lowest BCUT2D eigenvalue weighted by Crippen LogP contribution is -2.26. The maximum atomic E-state index is 11.3. The second kappa shape index (κ2) is 4.87. The number of nitrogens with zero attached hydrogens (tertiary/aromatic N) is 2. The minimum Gasteiger partial charge on any atom is -0.480 e. The number of hydrogen-bond acceptors (Lipinski definition) is 3. The number of aliphatic carboxylic acids is 1. The third kappa shape index (κ3) is 2.20. The summed E-state index contributed by atoms with van der Waals surface area (Å²) >= 11 is 0. The van der Waals surface area contributed by atoms with Crippen LogP contribution >= 0.6 is 0 Å². The summed E-state index contributed by atoms with van der Waals surface area (Å²) in [6.45, 7) is 2.04. The van der Waals surface area contributed by atoms with E-state index < -0.39 is 12.0 Å². The van der Waals surface area contributed by atoms with Crippen molar-refractivity contribution in [2.45, 2.75) is 38.6 Å². The number of fused-ring (bicyclic) bond motifs is 1. The fourth-order valence-corrected chi connectivity index (χ4v) is 2.53. The number of carboxylic acid groups (broad SMARTS) is 1. The summed E-state index contributed by atoms with van der Waals surface area (Å²) in [5.74, 6) is -0.0814. The number of imidazole rings is 1. The van der Waals surface area contributed by atoms with Gasteiger partial charge in [-0.15, -0.1) is 0 Å². The van der Waals surface area contributed by atoms with E-state index in [1.165, 1.54) is 7.11 Å². The highest BCUT2D eigenvalue weighted by Crippen LogP contribution is 2.25. The normalized spacial score (nSPS) is 16.6. The Morgan fingerprint density at radius 1 is 1.53 bits per heavy atom. The third-order valence-electron chi connectivity index (χ3n) is 3.27. The van der Waals surface area contributed by atoms with Crippen LogP contribution in [0.15, 0.2) is 0 Å². The van der Waals surface area contributed by atoms with Crippen molar-refractivity contribution in [2.24, 2.45) is 0 Å². The molecule has 0 radical (unpaired) electrons. The Bertz CT molecular complexity index is 426. The molecule has 1 aromatic rings. The summed E-state index contributed by atoms with van der Waals surface area (Å²) in [7, 11) is 1.52. The lowest BCUT2D eigenvalue weighted by atomic mass is 10.0. The topological polar surface area (TPSA) is 64.3 Å². The van der Waals surface area contributed by atoms with Crippen LogP contribution in [0.25, 0.3) is 0 Å². The van der Waals surface area contributed by atoms with Crippen molar-refractivity contribution >= 4 is 5.97 Å². The van der Waals surface area contributed by atoms with Crippen LogP contribution in [0.4, 0.5) is 0 Å². The van der Waals surface area contributed by atoms with E-state index in [0.717, 1.165) is 42.9 Å². The average molecular weight is 238 g/mol. The van der Waals surface area contributed by atoms with Gasteiger partial charge in [0, 0.05) is 12.8 Å². The maximum absolute atomic E-state index is 11.3. The predicted octanol–water partition coefficient (Wildman–Crippen LogP) is 1.34. The van der Waals surface area contributed by atoms with Gasteiger partial charge in [-0.1, -0.05) is 0 Å². The number of aryl methyl sites for hydroxylation is 2. The molecule has 1 atom stereocenters. The molecule has 2 rings (SSSR count). The minimum absolute atomic E-state index is 0.180. The van der Waals surface area contributed by atoms with Crippen molar-refractivity contribution in [1.29, 1.82) is 0 Å². The second-order valence-corrected chi connectivity index (χ2v) is 4.44. The van der Waals surface area contributed by atoms with Crippen LogP contribution in [0.5, 0.6) is 0 Å². The molecule has 0 amide bonds. The van der Waals surface area contributed by atoms with Gasteiger partial charge in [0.1, 0.15) is 5.82 Å². The lowest BCUT2D eigenvalue weighted by Gasteiger charge is -2.20. The van der Waals surface area contributed by atoms with Crippen molar-refractivity contribution in [3.63, 3.8) is 0 Å². The number of carbonyl (C=O) groups is 1. The summed E-state index contributed by atoms with van der Waals surface area (Å²) in [5, 5.41) is 9.27. The Balaban J connectivity index is 2.41. The van der Waals surface area contributed by atoms with E-state index in [9.17, 15) is 9.90 Å². The van der Waals surface area contributed by atoms with Crippen molar-refractivity contribution in [3.05, 3.63) is 17.2 Å². The van der Waals surface area contributed by atoms with Gasteiger partial charge in [0.15, 0.2) is 6.04 Å². The van der Waals surface area contributed by atoms with Gasteiger partial charge in [-0.25, -0.2) is 9.78 Å². The van der Waals surface area contributed by atoms with E-state index in [1.54, 1.807) is 0 Å². The molecule has 0 bridgehead atoms. The van der Waals surface area contributed by atoms with Gasteiger partial charge in [0.2, 0.25) is 0 Å². The molecule has 1 unspecified atom stereocenters. The van der Waals surface area contributed by atoms with Crippen LogP contribution in [0, 0.1) is 6.92 Å². The molecular formula is C12H18N2O3. The molecule has 1 heterocycles. The van der Waals surface area contributed by atoms with E-state index in [-0.39, 0.29) is 6.61 Å². The first-order valence-electron chi connectivity index (χ1n) is 5.93. The molecule has 0 saturated carbocycles. The summed E-state index contributed by atoms with van der Waals surface area (Å²) in [6, 6.07) is -0.658. The molecule has 0 spiro atoms. The van der Waals surface area contributed by atoms with E-state index in [4.69, 9.17) is 4.74 Å². The Labute approximate surface area is 100 Å². The monoisotopic (exact) mass is 238 g/mol. The van der Waals surface area contributed by atoms with Gasteiger partial charge in [-0.05, 0) is 32.6 Å². The standard InChI is InChI=1S/C12H18N2O3/c1-8-13-9-5-3-4-6-10(9)14(8)11(7-17-2)12(15)16/h11H,3-7H2,1-2H3,(H,15,16). The largest absolute Gasteiger partial charge is 0.480 e. The lowest BCUT2D eigenvalue weighted by molar-refractivity contribution is -0.142. The van der Waals surface area contributed by atoms with Gasteiger partial charge in [-0.3, -0.25) is 0 Å². The van der Waals surface area contributed by atoms with Crippen molar-refractivity contribution in [2.75, 3.05) is 13.7 Å². The predicted molar refractivity (Wildman–Crippen MR) is 62.2 cm³/mol. The summed E-state index contributed by atoms with van der Waals surface area (Å²) in [5.41, 5.74) is 2.15. The second-order valence-electron chi connectivity index (χ2n) is 4.44. The van der Waals surface area contributed by atoms with Crippen LogP contribution in [0.3, 0.4) is 0 Å². The molecule has 1 aliphatic carbocycles. The zero-order chi connectivity index (χ0) is 12.4. The summed E-state index contributed by atoms with van der Waals surface area (Å²) in [6.07, 6.45) is 4.13. The zero-order valence-electron chi connectivity index (χ0n) is 10.3. The first-order valence-corrected chi connectivity index (χ1v) is 5.93. The quantitative estimate of drug-likeness (QED) is 0.859. The van der Waals surface area contributed by atoms with Crippen molar-refractivity contribution in [1.82, 2.24) is 9.55 Å². The van der Waals surface area contributed by atoms with Gasteiger partial charge < -0.3 is 14.4 Å². The Hall–Kier alpha value is -1.36. The van der Waals surface area contributed by atoms with Crippen molar-refractivity contribution in [3.8, 4) is 0 Å². The Kier molecular flexibility index (Phi) is 3.47. The highest BCUT2D eigenvalue weighted by Gasteiger charge is 2.27. The van der Waals surface area contributed by atoms with Crippen LogP contribution in [-0.2, 0) is 22.4 Å². The number of carboxylic acids is 1. The van der Waals surface area contributed by atoms with Gasteiger partial charge in [0.25, 0.3) is 0 Å². The smallest absolute Gasteiger partial charge is 0.329 e. The zero-order valence-corrected chi connectivity index (χ0v) is 10.3. The molecule has 5 nitrogen and oxygen atoms in total. The number of rotatable bonds is 4. The van der Waals surface area contributed by atoms with E-state index in [2.05, 4.69) is 4.98 Å². The first-order chi connectivity index (χ1) is 8.15. The minimum atomic E-state index is -0.860. The van der Waals surface area contributed by atoms with Crippen LogP contribution in [0.1, 0.15) is 36.1 Å². The number of ether oxygens (including phenoxy) is 1. The number of hydrogen-bond donors (Lipinski definition) is 1. The van der Waals surface area contributed by atoms with E-state index in [0.29, 0.717) is 0 Å². The third-order valence-corrected chi connectivity index (χ3v) is 3.27. The molecular weight excluding hydrogens is 220 g/mol. The van der Waals surface area contributed by atoms with E-state index >= 15 is 0 Å². The highest BCUT2D eigenvalue weighted by molar-refractivity contribution is 5.72. The molecule has 1 aromatic heterocycles. The highest BCUT2D eigenvalue weighted by atomic mass is 16.5. The van der Waals surface area contributed by atoms with Crippen LogP contribution in [-0.4, -0.2) is 34.3 Å². The molecule has 0 saturated heterocycles. The number of methoxy groups -OCH3 is 1. The Morgan fingerprint density at radius 3 is 2.88 bits per heavy atom. The van der Waals surface area contributed by atoms with Gasteiger partial charge in [-0.2, -0.15) is 0 Å². The van der Waals surface area contributed by atoms with Crippen molar-refractivity contribution < 1.29 is 14.6 Å². The molecule has 0 aromatic carbocycles. The maximum Gasteiger partial charge on any atom is 0.329 e. The molecule has 1 N–H and O–H groups in total. The number of aromatic nitrogens is 2. The van der Waals surface area contributed by atoms with E-state index in [1.807, 2.05) is 11.5 Å². The molecule has 1 aliphatic rings. The fraction of sp³-hybridized carbons (Fsp3) is 0.667. The summed E-state index contributed by atoms with van der Waals surface area (Å²) in [4.78, 5) is 15.8. The average Bonchev–Trinajstić information content (AvgIpc) is 2.62. The van der Waals surface area contributed by atoms with Crippen LogP contribution in [0.2, 0.25) is 0 Å². The molecule has 5 heteroatoms. The first kappa shape index (κ1) is 12.1.